The molecular weight excluding hydrogens is 220 g/mol. The van der Waals surface area contributed by atoms with E-state index in [-0.39, 0.29) is 0 Å². The van der Waals surface area contributed by atoms with Gasteiger partial charge in [-0.2, -0.15) is 11.8 Å². The number of rotatable bonds is 4. The highest BCUT2D eigenvalue weighted by Crippen LogP contribution is 2.17. The number of hydrogen-bond acceptors (Lipinski definition) is 4. The maximum atomic E-state index is 5.37. The van der Waals surface area contributed by atoms with Crippen molar-refractivity contribution >= 4 is 11.8 Å². The van der Waals surface area contributed by atoms with E-state index in [2.05, 4.69) is 28.9 Å². The van der Waals surface area contributed by atoms with Crippen molar-refractivity contribution in [2.75, 3.05) is 44.4 Å². The third-order valence-corrected chi connectivity index (χ3v) is 4.43. The van der Waals surface area contributed by atoms with E-state index >= 15 is 0 Å². The Balaban J connectivity index is 1.64. The second-order valence-electron chi connectivity index (χ2n) is 4.87. The maximum Gasteiger partial charge on any atom is 0.0594 e. The largest absolute Gasteiger partial charge is 0.379 e. The summed E-state index contributed by atoms with van der Waals surface area (Å²) in [6.07, 6.45) is 2.69. The summed E-state index contributed by atoms with van der Waals surface area (Å²) in [5.41, 5.74) is 0. The van der Waals surface area contributed by atoms with Crippen molar-refractivity contribution in [3.05, 3.63) is 0 Å². The average Bonchev–Trinajstić information content (AvgIpc) is 2.31. The molecule has 2 saturated heterocycles. The molecule has 2 fully saturated rings. The van der Waals surface area contributed by atoms with Gasteiger partial charge in [-0.15, -0.1) is 0 Å². The number of thioether (sulfide) groups is 1. The Morgan fingerprint density at radius 3 is 2.69 bits per heavy atom. The van der Waals surface area contributed by atoms with Crippen molar-refractivity contribution in [3.8, 4) is 0 Å². The summed E-state index contributed by atoms with van der Waals surface area (Å²) in [5, 5.41) is 3.77. The van der Waals surface area contributed by atoms with Crippen LogP contribution in [0, 0.1) is 0 Å². The first-order valence-corrected chi connectivity index (χ1v) is 7.64. The van der Waals surface area contributed by atoms with Gasteiger partial charge in [-0.25, -0.2) is 0 Å². The van der Waals surface area contributed by atoms with Crippen LogP contribution in [0.1, 0.15) is 19.8 Å². The van der Waals surface area contributed by atoms with E-state index in [9.17, 15) is 0 Å². The minimum absolute atomic E-state index is 0.617. The molecule has 0 aromatic carbocycles. The lowest BCUT2D eigenvalue weighted by Crippen LogP contribution is -2.47. The second-order valence-corrected chi connectivity index (χ2v) is 6.09. The van der Waals surface area contributed by atoms with Gasteiger partial charge in [-0.05, 0) is 31.3 Å². The molecule has 1 atom stereocenters. The number of morpholine rings is 1. The molecule has 1 unspecified atom stereocenters. The molecule has 16 heavy (non-hydrogen) atoms. The van der Waals surface area contributed by atoms with Gasteiger partial charge in [0.1, 0.15) is 0 Å². The fraction of sp³-hybridized carbons (Fsp3) is 1.00. The van der Waals surface area contributed by atoms with Gasteiger partial charge in [0, 0.05) is 31.7 Å². The smallest absolute Gasteiger partial charge is 0.0594 e. The Labute approximate surface area is 103 Å². The highest BCUT2D eigenvalue weighted by molar-refractivity contribution is 7.99. The highest BCUT2D eigenvalue weighted by atomic mass is 32.2. The third kappa shape index (κ3) is 4.24. The molecule has 0 bridgehead atoms. The van der Waals surface area contributed by atoms with Crippen molar-refractivity contribution in [1.29, 1.82) is 0 Å². The summed E-state index contributed by atoms with van der Waals surface area (Å²) in [7, 11) is 0. The van der Waals surface area contributed by atoms with Crippen LogP contribution in [0.2, 0.25) is 0 Å². The molecule has 2 aliphatic rings. The van der Waals surface area contributed by atoms with Crippen LogP contribution in [0.5, 0.6) is 0 Å². The predicted molar refractivity (Wildman–Crippen MR) is 70.2 cm³/mol. The zero-order valence-corrected chi connectivity index (χ0v) is 11.1. The molecule has 3 nitrogen and oxygen atoms in total. The van der Waals surface area contributed by atoms with Crippen LogP contribution in [0.25, 0.3) is 0 Å². The summed E-state index contributed by atoms with van der Waals surface area (Å²) in [4.78, 5) is 2.51. The van der Waals surface area contributed by atoms with Crippen LogP contribution >= 0.6 is 11.8 Å². The van der Waals surface area contributed by atoms with Crippen molar-refractivity contribution in [1.82, 2.24) is 10.2 Å². The zero-order valence-electron chi connectivity index (χ0n) is 10.3. The SMILES string of the molecule is CC(CN1CCOCC1)NC1CCSCC1. The van der Waals surface area contributed by atoms with E-state index in [1.54, 1.807) is 0 Å². The van der Waals surface area contributed by atoms with Gasteiger partial charge in [-0.1, -0.05) is 0 Å². The number of hydrogen-bond donors (Lipinski definition) is 1. The van der Waals surface area contributed by atoms with E-state index in [1.165, 1.54) is 30.9 Å². The molecule has 0 spiro atoms. The van der Waals surface area contributed by atoms with E-state index < -0.39 is 0 Å². The summed E-state index contributed by atoms with van der Waals surface area (Å²) < 4.78 is 5.37. The van der Waals surface area contributed by atoms with Crippen LogP contribution in [-0.4, -0.2) is 61.3 Å². The Kier molecular flexibility index (Phi) is 5.42. The minimum atomic E-state index is 0.617. The van der Waals surface area contributed by atoms with Crippen LogP contribution in [-0.2, 0) is 4.74 Å². The van der Waals surface area contributed by atoms with E-state index in [0.717, 1.165) is 32.3 Å². The molecule has 0 aromatic rings. The van der Waals surface area contributed by atoms with Gasteiger partial charge in [0.05, 0.1) is 13.2 Å². The molecular formula is C12H24N2OS. The van der Waals surface area contributed by atoms with E-state index in [4.69, 9.17) is 4.74 Å². The minimum Gasteiger partial charge on any atom is -0.379 e. The van der Waals surface area contributed by atoms with Gasteiger partial charge in [0.15, 0.2) is 0 Å². The number of nitrogens with one attached hydrogen (secondary N) is 1. The summed E-state index contributed by atoms with van der Waals surface area (Å²) in [6, 6.07) is 1.38. The monoisotopic (exact) mass is 244 g/mol. The van der Waals surface area contributed by atoms with Gasteiger partial charge in [0.25, 0.3) is 0 Å². The lowest BCUT2D eigenvalue weighted by molar-refractivity contribution is 0.0338. The molecule has 94 valence electrons. The number of nitrogens with zero attached hydrogens (tertiary/aromatic N) is 1. The lowest BCUT2D eigenvalue weighted by Gasteiger charge is -2.32. The fourth-order valence-corrected chi connectivity index (χ4v) is 3.60. The summed E-state index contributed by atoms with van der Waals surface area (Å²) in [5.74, 6) is 2.67. The first-order chi connectivity index (χ1) is 7.84. The quantitative estimate of drug-likeness (QED) is 0.803. The molecule has 2 heterocycles. The standard InChI is InChI=1S/C12H24N2OS/c1-11(10-14-4-6-15-7-5-14)13-12-2-8-16-9-3-12/h11-13H,2-10H2,1H3. The van der Waals surface area contributed by atoms with Crippen LogP contribution in [0.3, 0.4) is 0 Å². The molecule has 2 rings (SSSR count). The van der Waals surface area contributed by atoms with Crippen molar-refractivity contribution in [3.63, 3.8) is 0 Å². The van der Waals surface area contributed by atoms with Crippen molar-refractivity contribution in [2.45, 2.75) is 31.8 Å². The van der Waals surface area contributed by atoms with Crippen LogP contribution in [0.4, 0.5) is 0 Å². The summed E-state index contributed by atoms with van der Waals surface area (Å²) in [6.45, 7) is 7.52. The van der Waals surface area contributed by atoms with Crippen LogP contribution < -0.4 is 5.32 Å². The molecule has 0 aliphatic carbocycles. The Morgan fingerprint density at radius 1 is 1.31 bits per heavy atom. The van der Waals surface area contributed by atoms with Gasteiger partial charge in [0.2, 0.25) is 0 Å². The molecule has 4 heteroatoms. The third-order valence-electron chi connectivity index (χ3n) is 3.38. The topological polar surface area (TPSA) is 24.5 Å². The van der Waals surface area contributed by atoms with E-state index in [0.29, 0.717) is 6.04 Å². The predicted octanol–water partition coefficient (Wildman–Crippen LogP) is 1.19. The first-order valence-electron chi connectivity index (χ1n) is 6.48. The molecule has 0 radical (unpaired) electrons. The first kappa shape index (κ1) is 12.7. The molecule has 0 amide bonds. The Morgan fingerprint density at radius 2 is 2.00 bits per heavy atom. The normalized spacial score (nSPS) is 26.8. The van der Waals surface area contributed by atoms with E-state index in [1.807, 2.05) is 0 Å². The summed E-state index contributed by atoms with van der Waals surface area (Å²) >= 11 is 2.09. The Bertz CT molecular complexity index is 171. The van der Waals surface area contributed by atoms with Crippen molar-refractivity contribution in [2.24, 2.45) is 0 Å². The van der Waals surface area contributed by atoms with Gasteiger partial charge < -0.3 is 10.1 Å². The highest BCUT2D eigenvalue weighted by Gasteiger charge is 2.18. The molecule has 1 N–H and O–H groups in total. The maximum absolute atomic E-state index is 5.37. The lowest BCUT2D eigenvalue weighted by atomic mass is 10.1. The van der Waals surface area contributed by atoms with Gasteiger partial charge in [-0.3, -0.25) is 4.90 Å². The van der Waals surface area contributed by atoms with Crippen LogP contribution in [0.15, 0.2) is 0 Å². The second kappa shape index (κ2) is 6.84. The fourth-order valence-electron chi connectivity index (χ4n) is 2.49. The molecule has 0 aromatic heterocycles. The average molecular weight is 244 g/mol. The zero-order chi connectivity index (χ0) is 11.2. The van der Waals surface area contributed by atoms with Gasteiger partial charge >= 0.3 is 0 Å². The van der Waals surface area contributed by atoms with Crippen molar-refractivity contribution < 1.29 is 4.74 Å². The molecule has 0 saturated carbocycles. The molecule has 2 aliphatic heterocycles. The Hall–Kier alpha value is 0.230. The number of ether oxygens (including phenoxy) is 1.